The fourth-order valence-electron chi connectivity index (χ4n) is 4.08. The van der Waals surface area contributed by atoms with Crippen LogP contribution in [0.5, 0.6) is 0 Å². The number of fused-ring (bicyclic) bond motifs is 2. The summed E-state index contributed by atoms with van der Waals surface area (Å²) in [5, 5.41) is 11.2. The van der Waals surface area contributed by atoms with Gasteiger partial charge in [0.1, 0.15) is 11.9 Å². The summed E-state index contributed by atoms with van der Waals surface area (Å²) in [4.78, 5) is 13.9. The fourth-order valence-corrected chi connectivity index (χ4v) is 5.34. The number of hydrogen-bond donors (Lipinski definition) is 0. The molecule has 0 bridgehead atoms. The van der Waals surface area contributed by atoms with Gasteiger partial charge in [0, 0.05) is 49.2 Å². The van der Waals surface area contributed by atoms with Crippen molar-refractivity contribution in [3.05, 3.63) is 47.1 Å². The summed E-state index contributed by atoms with van der Waals surface area (Å²) in [7, 11) is 0. The number of thiazole rings is 1. The molecule has 0 spiro atoms. The van der Waals surface area contributed by atoms with Crippen molar-refractivity contribution in [2.45, 2.75) is 0 Å². The zero-order valence-corrected chi connectivity index (χ0v) is 15.5. The van der Waals surface area contributed by atoms with Crippen LogP contribution in [0.25, 0.3) is 10.2 Å². The Morgan fingerprint density at radius 2 is 1.88 bits per heavy atom. The molecule has 3 aromatic rings. The van der Waals surface area contributed by atoms with E-state index in [9.17, 15) is 5.26 Å². The maximum absolute atomic E-state index is 9.32. The third-order valence-electron chi connectivity index (χ3n) is 5.30. The Hall–Kier alpha value is -2.36. The van der Waals surface area contributed by atoms with Crippen molar-refractivity contribution >= 4 is 44.1 Å². The molecule has 7 heteroatoms. The van der Waals surface area contributed by atoms with Gasteiger partial charge < -0.3 is 9.80 Å². The summed E-state index contributed by atoms with van der Waals surface area (Å²) < 4.78 is 1.14. The summed E-state index contributed by atoms with van der Waals surface area (Å²) in [6, 6.07) is 11.8. The van der Waals surface area contributed by atoms with Crippen LogP contribution in [0.4, 0.5) is 10.9 Å². The van der Waals surface area contributed by atoms with Crippen molar-refractivity contribution in [3.8, 4) is 6.07 Å². The number of halogens is 1. The van der Waals surface area contributed by atoms with Gasteiger partial charge in [-0.3, -0.25) is 0 Å². The van der Waals surface area contributed by atoms with E-state index in [1.165, 1.54) is 0 Å². The molecule has 2 fully saturated rings. The van der Waals surface area contributed by atoms with Crippen molar-refractivity contribution in [3.63, 3.8) is 0 Å². The molecule has 5 nitrogen and oxygen atoms in total. The molecular weight excluding hydrogens is 366 g/mol. The summed E-state index contributed by atoms with van der Waals surface area (Å²) in [6.07, 6.45) is 1.77. The first-order chi connectivity index (χ1) is 12.7. The number of anilines is 2. The number of nitrogens with zero attached hydrogens (tertiary/aromatic N) is 5. The lowest BCUT2D eigenvalue weighted by Gasteiger charge is -2.22. The van der Waals surface area contributed by atoms with Gasteiger partial charge in [0.15, 0.2) is 5.13 Å². The van der Waals surface area contributed by atoms with Crippen LogP contribution in [0.2, 0.25) is 5.02 Å². The van der Waals surface area contributed by atoms with Crippen molar-refractivity contribution in [1.82, 2.24) is 9.97 Å². The number of pyridine rings is 1. The Labute approximate surface area is 160 Å². The summed E-state index contributed by atoms with van der Waals surface area (Å²) in [5.41, 5.74) is 1.67. The van der Waals surface area contributed by atoms with E-state index in [0.29, 0.717) is 17.4 Å². The van der Waals surface area contributed by atoms with Crippen LogP contribution < -0.4 is 9.80 Å². The van der Waals surface area contributed by atoms with Crippen LogP contribution in [0, 0.1) is 23.2 Å². The quantitative estimate of drug-likeness (QED) is 0.676. The molecule has 0 N–H and O–H groups in total. The molecule has 2 aliphatic rings. The molecule has 2 atom stereocenters. The average Bonchev–Trinajstić information content (AvgIpc) is 3.33. The molecule has 1 aromatic carbocycles. The lowest BCUT2D eigenvalue weighted by atomic mass is 10.0. The molecule has 26 heavy (non-hydrogen) atoms. The van der Waals surface area contributed by atoms with Gasteiger partial charge in [-0.1, -0.05) is 22.9 Å². The van der Waals surface area contributed by atoms with Crippen LogP contribution >= 0.6 is 22.9 Å². The summed E-state index contributed by atoms with van der Waals surface area (Å²) >= 11 is 7.81. The number of hydrogen-bond acceptors (Lipinski definition) is 6. The van der Waals surface area contributed by atoms with E-state index in [-0.39, 0.29) is 0 Å². The molecule has 2 saturated heterocycles. The van der Waals surface area contributed by atoms with E-state index in [0.717, 1.165) is 52.4 Å². The molecular formula is C19H16ClN5S. The number of rotatable bonds is 2. The Balaban J connectivity index is 1.34. The SMILES string of the molecule is N#Cc1cccnc1N1CC2CN(c3nc4ccc(Cl)cc4s3)CC2C1. The maximum Gasteiger partial charge on any atom is 0.186 e. The van der Waals surface area contributed by atoms with E-state index in [1.54, 1.807) is 17.5 Å². The summed E-state index contributed by atoms with van der Waals surface area (Å²) in [6.45, 7) is 3.90. The lowest BCUT2D eigenvalue weighted by Crippen LogP contribution is -2.29. The Kier molecular flexibility index (Phi) is 3.73. The zero-order chi connectivity index (χ0) is 17.7. The van der Waals surface area contributed by atoms with Crippen molar-refractivity contribution in [1.29, 1.82) is 5.26 Å². The van der Waals surface area contributed by atoms with Gasteiger partial charge in [0.25, 0.3) is 0 Å². The molecule has 4 heterocycles. The second-order valence-corrected chi connectivity index (χ2v) is 8.37. The molecule has 2 aliphatic heterocycles. The van der Waals surface area contributed by atoms with E-state index in [4.69, 9.17) is 16.6 Å². The average molecular weight is 382 g/mol. The van der Waals surface area contributed by atoms with Gasteiger partial charge >= 0.3 is 0 Å². The van der Waals surface area contributed by atoms with E-state index < -0.39 is 0 Å². The minimum absolute atomic E-state index is 0.583. The van der Waals surface area contributed by atoms with E-state index in [1.807, 2.05) is 30.3 Å². The Morgan fingerprint density at radius 1 is 1.12 bits per heavy atom. The highest BCUT2D eigenvalue weighted by Gasteiger charge is 2.41. The molecule has 0 amide bonds. The normalized spacial score (nSPS) is 22.0. The zero-order valence-electron chi connectivity index (χ0n) is 14.0. The minimum Gasteiger partial charge on any atom is -0.355 e. The third-order valence-corrected chi connectivity index (χ3v) is 6.62. The smallest absolute Gasteiger partial charge is 0.186 e. The van der Waals surface area contributed by atoms with Gasteiger partial charge in [0.2, 0.25) is 0 Å². The molecule has 5 rings (SSSR count). The third kappa shape index (κ3) is 2.59. The predicted molar refractivity (Wildman–Crippen MR) is 105 cm³/mol. The van der Waals surface area contributed by atoms with Crippen LogP contribution in [0.15, 0.2) is 36.5 Å². The van der Waals surface area contributed by atoms with Gasteiger partial charge in [-0.25, -0.2) is 9.97 Å². The standard InChI is InChI=1S/C19H16ClN5S/c20-15-3-4-16-17(6-15)26-19(23-16)25-10-13-8-24(9-14(13)11-25)18-12(7-21)2-1-5-22-18/h1-6,13-14H,8-11H2. The number of nitriles is 1. The van der Waals surface area contributed by atoms with Gasteiger partial charge in [-0.15, -0.1) is 0 Å². The van der Waals surface area contributed by atoms with Crippen LogP contribution in [-0.2, 0) is 0 Å². The second-order valence-electron chi connectivity index (χ2n) is 6.92. The molecule has 0 aliphatic carbocycles. The molecule has 2 unspecified atom stereocenters. The number of aromatic nitrogens is 2. The van der Waals surface area contributed by atoms with Crippen molar-refractivity contribution in [2.75, 3.05) is 36.0 Å². The highest BCUT2D eigenvalue weighted by molar-refractivity contribution is 7.22. The van der Waals surface area contributed by atoms with Crippen molar-refractivity contribution in [2.24, 2.45) is 11.8 Å². The van der Waals surface area contributed by atoms with Crippen LogP contribution in [0.3, 0.4) is 0 Å². The first-order valence-corrected chi connectivity index (χ1v) is 9.82. The fraction of sp³-hybridized carbons (Fsp3) is 0.316. The Morgan fingerprint density at radius 3 is 2.65 bits per heavy atom. The largest absolute Gasteiger partial charge is 0.355 e. The topological polar surface area (TPSA) is 56.1 Å². The van der Waals surface area contributed by atoms with Gasteiger partial charge in [0.05, 0.1) is 15.8 Å². The van der Waals surface area contributed by atoms with Gasteiger partial charge in [-0.2, -0.15) is 5.26 Å². The molecule has 2 aromatic heterocycles. The highest BCUT2D eigenvalue weighted by atomic mass is 35.5. The maximum atomic E-state index is 9.32. The molecule has 0 radical (unpaired) electrons. The first kappa shape index (κ1) is 15.9. The second kappa shape index (κ2) is 6.11. The van der Waals surface area contributed by atoms with Crippen LogP contribution in [0.1, 0.15) is 5.56 Å². The number of benzene rings is 1. The predicted octanol–water partition coefficient (Wildman–Crippen LogP) is 3.79. The van der Waals surface area contributed by atoms with Crippen molar-refractivity contribution < 1.29 is 0 Å². The summed E-state index contributed by atoms with van der Waals surface area (Å²) in [5.74, 6) is 1.99. The minimum atomic E-state index is 0.583. The Bertz CT molecular complexity index is 1010. The first-order valence-electron chi connectivity index (χ1n) is 8.62. The van der Waals surface area contributed by atoms with Gasteiger partial charge in [-0.05, 0) is 30.3 Å². The lowest BCUT2D eigenvalue weighted by molar-refractivity contribution is 0.533. The molecule has 130 valence electrons. The van der Waals surface area contributed by atoms with Crippen LogP contribution in [-0.4, -0.2) is 36.1 Å². The monoisotopic (exact) mass is 381 g/mol. The van der Waals surface area contributed by atoms with E-state index >= 15 is 0 Å². The van der Waals surface area contributed by atoms with E-state index in [2.05, 4.69) is 20.9 Å². The highest BCUT2D eigenvalue weighted by Crippen LogP contribution is 2.39. The molecule has 0 saturated carbocycles.